The summed E-state index contributed by atoms with van der Waals surface area (Å²) in [6, 6.07) is 40.8. The highest BCUT2D eigenvalue weighted by molar-refractivity contribution is 6.62. The molecule has 0 saturated carbocycles. The number of fused-ring (bicyclic) bond motifs is 1. The van der Waals surface area contributed by atoms with Crippen molar-refractivity contribution >= 4 is 40.4 Å². The Balaban J connectivity index is 1.53. The zero-order valence-electron chi connectivity index (χ0n) is 17.5. The van der Waals surface area contributed by atoms with Crippen LogP contribution in [0.1, 0.15) is 0 Å². The van der Waals surface area contributed by atoms with Gasteiger partial charge in [0.25, 0.3) is 0 Å². The van der Waals surface area contributed by atoms with Gasteiger partial charge < -0.3 is 14.9 Å². The Morgan fingerprint density at radius 3 is 1.66 bits per heavy atom. The second-order valence-corrected chi connectivity index (χ2v) is 7.71. The summed E-state index contributed by atoms with van der Waals surface area (Å²) in [5, 5.41) is 21.1. The third-order valence-corrected chi connectivity index (χ3v) is 5.68. The van der Waals surface area contributed by atoms with Crippen molar-refractivity contribution in [3.05, 3.63) is 121 Å². The molecule has 3 nitrogen and oxygen atoms in total. The fourth-order valence-corrected chi connectivity index (χ4v) is 4.12. The van der Waals surface area contributed by atoms with Gasteiger partial charge >= 0.3 is 7.12 Å². The van der Waals surface area contributed by atoms with E-state index < -0.39 is 7.12 Å². The van der Waals surface area contributed by atoms with Gasteiger partial charge in [-0.2, -0.15) is 0 Å². The van der Waals surface area contributed by atoms with Gasteiger partial charge in [-0.05, 0) is 69.8 Å². The maximum absolute atomic E-state index is 9.63. The third kappa shape index (κ3) is 3.90. The lowest BCUT2D eigenvalue weighted by molar-refractivity contribution is 0.426. The van der Waals surface area contributed by atoms with E-state index in [0.29, 0.717) is 5.46 Å². The molecule has 0 aromatic heterocycles. The number of para-hydroxylation sites is 2. The van der Waals surface area contributed by atoms with Crippen LogP contribution in [0.15, 0.2) is 121 Å². The Morgan fingerprint density at radius 2 is 1.06 bits per heavy atom. The largest absolute Gasteiger partial charge is 0.489 e. The number of nitrogens with zero attached hydrogens (tertiary/aromatic N) is 1. The smallest absolute Gasteiger partial charge is 0.423 e. The summed E-state index contributed by atoms with van der Waals surface area (Å²) in [5.41, 5.74) is 5.99. The van der Waals surface area contributed by atoms with Crippen LogP contribution in [0.5, 0.6) is 0 Å². The van der Waals surface area contributed by atoms with Crippen LogP contribution in [-0.2, 0) is 0 Å². The van der Waals surface area contributed by atoms with Gasteiger partial charge in [0, 0.05) is 17.1 Å². The Bertz CT molecular complexity index is 1300. The number of hydrogen-bond acceptors (Lipinski definition) is 3. The molecule has 154 valence electrons. The summed E-state index contributed by atoms with van der Waals surface area (Å²) in [6.45, 7) is 0. The van der Waals surface area contributed by atoms with Gasteiger partial charge in [-0.25, -0.2) is 0 Å². The standard InChI is InChI=1S/C28H22BNO2/c31-29(32)28-13-7-8-23-20-22(16-19-27(23)28)21-14-17-26(18-15-21)30(24-9-3-1-4-10-24)25-11-5-2-6-12-25/h1-20,31-32H. The number of benzene rings is 5. The zero-order chi connectivity index (χ0) is 21.9. The molecule has 32 heavy (non-hydrogen) atoms. The van der Waals surface area contributed by atoms with Crippen LogP contribution in [0.2, 0.25) is 0 Å². The molecule has 0 spiro atoms. The molecule has 0 bridgehead atoms. The molecule has 0 aliphatic rings. The first kappa shape index (κ1) is 20.1. The van der Waals surface area contributed by atoms with Crippen LogP contribution in [-0.4, -0.2) is 17.2 Å². The van der Waals surface area contributed by atoms with Crippen LogP contribution in [0.4, 0.5) is 17.1 Å². The zero-order valence-corrected chi connectivity index (χ0v) is 17.5. The Labute approximate surface area is 188 Å². The molecule has 4 heteroatoms. The van der Waals surface area contributed by atoms with Gasteiger partial charge in [0.1, 0.15) is 0 Å². The molecule has 0 aliphatic carbocycles. The van der Waals surface area contributed by atoms with E-state index in [1.807, 2.05) is 60.7 Å². The lowest BCUT2D eigenvalue weighted by Crippen LogP contribution is -2.30. The summed E-state index contributed by atoms with van der Waals surface area (Å²) in [5.74, 6) is 0. The van der Waals surface area contributed by atoms with E-state index in [0.717, 1.165) is 39.0 Å². The van der Waals surface area contributed by atoms with E-state index in [2.05, 4.69) is 59.5 Å². The van der Waals surface area contributed by atoms with Crippen LogP contribution >= 0.6 is 0 Å². The lowest BCUT2D eigenvalue weighted by Gasteiger charge is -2.25. The van der Waals surface area contributed by atoms with Gasteiger partial charge in [-0.15, -0.1) is 0 Å². The van der Waals surface area contributed by atoms with E-state index in [9.17, 15) is 10.0 Å². The molecule has 0 aliphatic heterocycles. The van der Waals surface area contributed by atoms with Crippen molar-refractivity contribution in [2.24, 2.45) is 0 Å². The SMILES string of the molecule is OB(O)c1cccc2cc(-c3ccc(N(c4ccccc4)c4ccccc4)cc3)ccc12. The minimum Gasteiger partial charge on any atom is -0.423 e. The van der Waals surface area contributed by atoms with Crippen molar-refractivity contribution in [1.82, 2.24) is 0 Å². The van der Waals surface area contributed by atoms with Crippen molar-refractivity contribution < 1.29 is 10.0 Å². The molecule has 0 amide bonds. The number of rotatable bonds is 5. The van der Waals surface area contributed by atoms with Crippen LogP contribution in [0, 0.1) is 0 Å². The van der Waals surface area contributed by atoms with Gasteiger partial charge in [-0.3, -0.25) is 0 Å². The summed E-state index contributed by atoms with van der Waals surface area (Å²) in [4.78, 5) is 2.24. The quantitative estimate of drug-likeness (QED) is 0.364. The average molecular weight is 415 g/mol. The molecular weight excluding hydrogens is 393 g/mol. The van der Waals surface area contributed by atoms with E-state index in [-0.39, 0.29) is 0 Å². The van der Waals surface area contributed by atoms with E-state index in [1.54, 1.807) is 6.07 Å². The van der Waals surface area contributed by atoms with Gasteiger partial charge in [0.05, 0.1) is 0 Å². The van der Waals surface area contributed by atoms with E-state index in [4.69, 9.17) is 0 Å². The maximum atomic E-state index is 9.63. The summed E-state index contributed by atoms with van der Waals surface area (Å²) in [6.07, 6.45) is 0. The summed E-state index contributed by atoms with van der Waals surface area (Å²) >= 11 is 0. The molecule has 0 fully saturated rings. The van der Waals surface area contributed by atoms with Crippen molar-refractivity contribution in [1.29, 1.82) is 0 Å². The van der Waals surface area contributed by atoms with Crippen molar-refractivity contribution in [2.45, 2.75) is 0 Å². The predicted octanol–water partition coefficient (Wildman–Crippen LogP) is 5.66. The average Bonchev–Trinajstić information content (AvgIpc) is 2.85. The minimum absolute atomic E-state index is 0.519. The molecule has 0 heterocycles. The molecule has 2 N–H and O–H groups in total. The molecule has 5 rings (SSSR count). The molecule has 5 aromatic carbocycles. The van der Waals surface area contributed by atoms with Crippen LogP contribution < -0.4 is 10.4 Å². The van der Waals surface area contributed by atoms with Gasteiger partial charge in [0.2, 0.25) is 0 Å². The first-order valence-corrected chi connectivity index (χ1v) is 10.6. The van der Waals surface area contributed by atoms with Crippen molar-refractivity contribution in [3.63, 3.8) is 0 Å². The van der Waals surface area contributed by atoms with Crippen LogP contribution in [0.25, 0.3) is 21.9 Å². The monoisotopic (exact) mass is 415 g/mol. The van der Waals surface area contributed by atoms with Crippen molar-refractivity contribution in [3.8, 4) is 11.1 Å². The Kier molecular flexibility index (Phi) is 5.47. The van der Waals surface area contributed by atoms with E-state index in [1.165, 1.54) is 0 Å². The van der Waals surface area contributed by atoms with Crippen molar-refractivity contribution in [2.75, 3.05) is 4.90 Å². The fourth-order valence-electron chi connectivity index (χ4n) is 4.12. The Morgan fingerprint density at radius 1 is 0.500 bits per heavy atom. The van der Waals surface area contributed by atoms with E-state index >= 15 is 0 Å². The summed E-state index contributed by atoms with van der Waals surface area (Å²) < 4.78 is 0. The first-order chi connectivity index (χ1) is 15.7. The highest BCUT2D eigenvalue weighted by Gasteiger charge is 2.15. The Hall–Kier alpha value is -3.86. The molecule has 0 saturated heterocycles. The van der Waals surface area contributed by atoms with Crippen LogP contribution in [0.3, 0.4) is 0 Å². The topological polar surface area (TPSA) is 43.7 Å². The molecule has 0 radical (unpaired) electrons. The highest BCUT2D eigenvalue weighted by Crippen LogP contribution is 2.35. The number of hydrogen-bond donors (Lipinski definition) is 2. The third-order valence-electron chi connectivity index (χ3n) is 5.68. The molecule has 0 unspecified atom stereocenters. The lowest BCUT2D eigenvalue weighted by atomic mass is 9.77. The minimum atomic E-state index is -1.48. The first-order valence-electron chi connectivity index (χ1n) is 10.6. The highest BCUT2D eigenvalue weighted by atomic mass is 16.4. The normalized spacial score (nSPS) is 10.8. The molecule has 0 atom stereocenters. The van der Waals surface area contributed by atoms with Gasteiger partial charge in [0.15, 0.2) is 0 Å². The second kappa shape index (κ2) is 8.71. The summed E-state index contributed by atoms with van der Waals surface area (Å²) in [7, 11) is -1.48. The number of anilines is 3. The fraction of sp³-hybridized carbons (Fsp3) is 0. The predicted molar refractivity (Wildman–Crippen MR) is 134 cm³/mol. The van der Waals surface area contributed by atoms with Gasteiger partial charge in [-0.1, -0.05) is 78.9 Å². The molecule has 5 aromatic rings. The molecular formula is C28H22BNO2. The maximum Gasteiger partial charge on any atom is 0.489 e. The second-order valence-electron chi connectivity index (χ2n) is 7.71.